The van der Waals surface area contributed by atoms with Crippen molar-refractivity contribution in [1.82, 2.24) is 0 Å². The molecule has 1 aliphatic rings. The largest absolute Gasteiger partial charge is 0.416 e. The highest BCUT2D eigenvalue weighted by molar-refractivity contribution is 6.11. The van der Waals surface area contributed by atoms with Crippen molar-refractivity contribution >= 4 is 5.71 Å². The highest BCUT2D eigenvalue weighted by Gasteiger charge is 2.30. The van der Waals surface area contributed by atoms with E-state index in [-0.39, 0.29) is 5.71 Å². The zero-order valence-corrected chi connectivity index (χ0v) is 14.3. The van der Waals surface area contributed by atoms with Crippen molar-refractivity contribution < 1.29 is 22.6 Å². The van der Waals surface area contributed by atoms with Crippen molar-refractivity contribution in [1.29, 1.82) is 5.26 Å². The first-order valence-corrected chi connectivity index (χ1v) is 8.41. The maximum absolute atomic E-state index is 12.7. The van der Waals surface area contributed by atoms with Crippen LogP contribution >= 0.6 is 0 Å². The summed E-state index contributed by atoms with van der Waals surface area (Å²) in [6.45, 7) is 1.000. The highest BCUT2D eigenvalue weighted by atomic mass is 19.4. The number of ether oxygens (including phenoxy) is 2. The number of nitrogens with zero attached hydrogens (tertiary/aromatic N) is 2. The molecule has 4 nitrogen and oxygen atoms in total. The summed E-state index contributed by atoms with van der Waals surface area (Å²) >= 11 is 0. The van der Waals surface area contributed by atoms with Gasteiger partial charge >= 0.3 is 6.18 Å². The maximum atomic E-state index is 12.7. The van der Waals surface area contributed by atoms with Crippen LogP contribution in [-0.4, -0.2) is 25.2 Å². The molecular formula is C20H17F3N2O2. The number of nitriles is 1. The van der Waals surface area contributed by atoms with Crippen LogP contribution in [0, 0.1) is 11.3 Å². The van der Waals surface area contributed by atoms with Crippen molar-refractivity contribution in [3.63, 3.8) is 0 Å². The summed E-state index contributed by atoms with van der Waals surface area (Å²) < 4.78 is 49.2. The van der Waals surface area contributed by atoms with Gasteiger partial charge in [-0.05, 0) is 17.7 Å². The van der Waals surface area contributed by atoms with E-state index in [9.17, 15) is 18.4 Å². The monoisotopic (exact) mass is 374 g/mol. The third kappa shape index (κ3) is 4.94. The predicted molar refractivity (Wildman–Crippen MR) is 93.1 cm³/mol. The van der Waals surface area contributed by atoms with Crippen LogP contribution in [0.15, 0.2) is 59.6 Å². The molecule has 0 aromatic heterocycles. The summed E-state index contributed by atoms with van der Waals surface area (Å²) in [5.41, 5.74) is 0.502. The van der Waals surface area contributed by atoms with E-state index in [2.05, 4.69) is 4.99 Å². The number of rotatable bonds is 5. The van der Waals surface area contributed by atoms with Crippen molar-refractivity contribution in [2.45, 2.75) is 24.9 Å². The van der Waals surface area contributed by atoms with E-state index in [1.54, 1.807) is 0 Å². The molecule has 0 bridgehead atoms. The van der Waals surface area contributed by atoms with Gasteiger partial charge in [0.25, 0.3) is 0 Å². The van der Waals surface area contributed by atoms with E-state index in [4.69, 9.17) is 9.47 Å². The molecule has 0 spiro atoms. The molecule has 1 atom stereocenters. The van der Waals surface area contributed by atoms with Crippen LogP contribution < -0.4 is 0 Å². The average molecular weight is 374 g/mol. The van der Waals surface area contributed by atoms with E-state index < -0.39 is 24.1 Å². The smallest absolute Gasteiger partial charge is 0.350 e. The summed E-state index contributed by atoms with van der Waals surface area (Å²) in [6, 6.07) is 15.3. The molecule has 0 unspecified atom stereocenters. The van der Waals surface area contributed by atoms with Crippen molar-refractivity contribution in [3.8, 4) is 6.07 Å². The fraction of sp³-hybridized carbons (Fsp3) is 0.300. The minimum absolute atomic E-state index is 0.0653. The van der Waals surface area contributed by atoms with Gasteiger partial charge in [0.2, 0.25) is 0 Å². The highest BCUT2D eigenvalue weighted by Crippen LogP contribution is 2.30. The van der Waals surface area contributed by atoms with E-state index in [0.29, 0.717) is 25.2 Å². The lowest BCUT2D eigenvalue weighted by Gasteiger charge is -2.17. The molecule has 0 radical (unpaired) electrons. The van der Waals surface area contributed by atoms with Crippen LogP contribution in [0.1, 0.15) is 29.2 Å². The van der Waals surface area contributed by atoms with Gasteiger partial charge in [-0.3, -0.25) is 4.99 Å². The van der Waals surface area contributed by atoms with E-state index in [0.717, 1.165) is 17.7 Å². The van der Waals surface area contributed by atoms with Crippen LogP contribution in [0.2, 0.25) is 0 Å². The Morgan fingerprint density at radius 1 is 1.07 bits per heavy atom. The molecule has 3 rings (SSSR count). The summed E-state index contributed by atoms with van der Waals surface area (Å²) in [4.78, 5) is 4.50. The van der Waals surface area contributed by atoms with Gasteiger partial charge in [0, 0.05) is 12.0 Å². The molecule has 27 heavy (non-hydrogen) atoms. The summed E-state index contributed by atoms with van der Waals surface area (Å²) in [5.74, 6) is 0. The Bertz CT molecular complexity index is 821. The van der Waals surface area contributed by atoms with Crippen molar-refractivity contribution in [2.24, 2.45) is 4.99 Å². The zero-order valence-electron chi connectivity index (χ0n) is 14.3. The third-order valence-electron chi connectivity index (χ3n) is 4.17. The Morgan fingerprint density at radius 2 is 1.70 bits per heavy atom. The third-order valence-corrected chi connectivity index (χ3v) is 4.17. The molecule has 7 heteroatoms. The van der Waals surface area contributed by atoms with Crippen LogP contribution in [0.3, 0.4) is 0 Å². The Kier molecular flexibility index (Phi) is 5.89. The van der Waals surface area contributed by atoms with Gasteiger partial charge in [0.1, 0.15) is 11.8 Å². The summed E-state index contributed by atoms with van der Waals surface area (Å²) in [7, 11) is 0. The first-order valence-electron chi connectivity index (χ1n) is 8.41. The standard InChI is InChI=1S/C20H17F3N2O2/c21-20(22,23)16-8-6-15(7-9-16)18(13-24)25-17(12-19-26-10-11-27-19)14-4-2-1-3-5-14/h1-9,17,19H,10-12H2/b25-18+/t17-/m1/s1. The molecule has 2 aromatic rings. The number of aliphatic imine (C=N–C) groups is 1. The molecule has 1 fully saturated rings. The van der Waals surface area contributed by atoms with Gasteiger partial charge in [-0.2, -0.15) is 18.4 Å². The molecular weight excluding hydrogens is 357 g/mol. The molecule has 0 amide bonds. The van der Waals surface area contributed by atoms with E-state index in [1.165, 1.54) is 12.1 Å². The van der Waals surface area contributed by atoms with Gasteiger partial charge in [-0.1, -0.05) is 42.5 Å². The first-order chi connectivity index (χ1) is 13.0. The lowest BCUT2D eigenvalue weighted by atomic mass is 10.0. The van der Waals surface area contributed by atoms with Gasteiger partial charge in [0.05, 0.1) is 24.8 Å². The van der Waals surface area contributed by atoms with Gasteiger partial charge in [-0.25, -0.2) is 0 Å². The van der Waals surface area contributed by atoms with Crippen molar-refractivity contribution in [2.75, 3.05) is 13.2 Å². The van der Waals surface area contributed by atoms with E-state index >= 15 is 0 Å². The predicted octanol–water partition coefficient (Wildman–Crippen LogP) is 4.52. The second-order valence-corrected chi connectivity index (χ2v) is 6.00. The SMILES string of the molecule is N#C/C(=N\[C@H](CC1OCCO1)c1ccccc1)c1ccc(C(F)(F)F)cc1. The number of hydrogen-bond acceptors (Lipinski definition) is 4. The minimum Gasteiger partial charge on any atom is -0.350 e. The number of hydrogen-bond donors (Lipinski definition) is 0. The second kappa shape index (κ2) is 8.33. The fourth-order valence-corrected chi connectivity index (χ4v) is 2.80. The molecule has 0 saturated carbocycles. The Balaban J connectivity index is 1.90. The Morgan fingerprint density at radius 3 is 2.26 bits per heavy atom. The zero-order chi connectivity index (χ0) is 19.3. The summed E-state index contributed by atoms with van der Waals surface area (Å²) in [5, 5.41) is 9.50. The number of halogens is 3. The molecule has 1 saturated heterocycles. The second-order valence-electron chi connectivity index (χ2n) is 6.00. The fourth-order valence-electron chi connectivity index (χ4n) is 2.80. The van der Waals surface area contributed by atoms with Crippen molar-refractivity contribution in [3.05, 3.63) is 71.3 Å². The summed E-state index contributed by atoms with van der Waals surface area (Å²) in [6.07, 6.45) is -4.44. The maximum Gasteiger partial charge on any atom is 0.416 e. The van der Waals surface area contributed by atoms with Gasteiger partial charge < -0.3 is 9.47 Å². The van der Waals surface area contributed by atoms with Crippen LogP contribution in [0.4, 0.5) is 13.2 Å². The first kappa shape index (κ1) is 19.1. The van der Waals surface area contributed by atoms with E-state index in [1.807, 2.05) is 36.4 Å². The molecule has 140 valence electrons. The Hall–Kier alpha value is -2.69. The topological polar surface area (TPSA) is 54.6 Å². The molecule has 1 aliphatic heterocycles. The minimum atomic E-state index is -4.42. The van der Waals surface area contributed by atoms with Crippen LogP contribution in [-0.2, 0) is 15.7 Å². The normalized spacial score (nSPS) is 16.9. The lowest BCUT2D eigenvalue weighted by molar-refractivity contribution is -0.137. The van der Waals surface area contributed by atoms with Crippen LogP contribution in [0.25, 0.3) is 0 Å². The van der Waals surface area contributed by atoms with Gasteiger partial charge in [0.15, 0.2) is 6.29 Å². The Labute approximate surface area is 154 Å². The average Bonchev–Trinajstić information content (AvgIpc) is 3.18. The molecule has 1 heterocycles. The quantitative estimate of drug-likeness (QED) is 0.723. The van der Waals surface area contributed by atoms with Gasteiger partial charge in [-0.15, -0.1) is 0 Å². The molecule has 0 aliphatic carbocycles. The number of benzene rings is 2. The lowest BCUT2D eigenvalue weighted by Crippen LogP contribution is -2.14. The molecule has 0 N–H and O–H groups in total. The molecule has 2 aromatic carbocycles. The number of alkyl halides is 3. The van der Waals surface area contributed by atoms with Crippen LogP contribution in [0.5, 0.6) is 0 Å².